The van der Waals surface area contributed by atoms with E-state index >= 15 is 0 Å². The predicted molar refractivity (Wildman–Crippen MR) is 98.8 cm³/mol. The molecule has 132 valence electrons. The molecule has 7 nitrogen and oxygen atoms in total. The Morgan fingerprint density at radius 2 is 1.68 bits per heavy atom. The van der Waals surface area contributed by atoms with Gasteiger partial charge < -0.3 is 16.0 Å². The van der Waals surface area contributed by atoms with Crippen LogP contribution in [-0.4, -0.2) is 27.8 Å². The number of anilines is 3. The van der Waals surface area contributed by atoms with Crippen LogP contribution in [0.3, 0.4) is 0 Å². The summed E-state index contributed by atoms with van der Waals surface area (Å²) in [5, 5.41) is 8.71. The topological polar surface area (TPSA) is 96.0 Å². The van der Waals surface area contributed by atoms with E-state index in [2.05, 4.69) is 32.8 Å². The van der Waals surface area contributed by atoms with E-state index in [9.17, 15) is 9.59 Å². The Morgan fingerprint density at radius 1 is 1.08 bits per heavy atom. The number of nitrogens with zero attached hydrogens (tertiary/aromatic N) is 2. The molecule has 2 rings (SSSR count). The first-order chi connectivity index (χ1) is 11.9. The van der Waals surface area contributed by atoms with Gasteiger partial charge in [0.2, 0.25) is 5.91 Å². The zero-order valence-electron chi connectivity index (χ0n) is 14.9. The van der Waals surface area contributed by atoms with Gasteiger partial charge in [-0.3, -0.25) is 9.59 Å². The van der Waals surface area contributed by atoms with Gasteiger partial charge in [0.05, 0.1) is 0 Å². The summed E-state index contributed by atoms with van der Waals surface area (Å²) < 4.78 is 0. The van der Waals surface area contributed by atoms with Gasteiger partial charge in [0.15, 0.2) is 0 Å². The van der Waals surface area contributed by atoms with Crippen LogP contribution in [0, 0.1) is 6.92 Å². The van der Waals surface area contributed by atoms with Gasteiger partial charge in [-0.25, -0.2) is 9.97 Å². The molecule has 1 aromatic carbocycles. The van der Waals surface area contributed by atoms with Crippen molar-refractivity contribution < 1.29 is 9.59 Å². The highest BCUT2D eigenvalue weighted by Gasteiger charge is 2.12. The first-order valence-electron chi connectivity index (χ1n) is 8.18. The second-order valence-corrected chi connectivity index (χ2v) is 5.85. The van der Waals surface area contributed by atoms with E-state index in [1.54, 1.807) is 37.3 Å². The van der Waals surface area contributed by atoms with E-state index in [0.29, 0.717) is 28.7 Å². The maximum atomic E-state index is 12.4. The highest BCUT2D eigenvalue weighted by Crippen LogP contribution is 2.15. The number of carbonyl (C=O) groups excluding carboxylic acids is 2. The number of rotatable bonds is 6. The van der Waals surface area contributed by atoms with Gasteiger partial charge in [0.25, 0.3) is 5.91 Å². The van der Waals surface area contributed by atoms with Crippen LogP contribution in [0.15, 0.2) is 30.3 Å². The number of aromatic nitrogens is 2. The summed E-state index contributed by atoms with van der Waals surface area (Å²) in [6.07, 6.45) is 0.950. The molecule has 1 aromatic heterocycles. The lowest BCUT2D eigenvalue weighted by Gasteiger charge is -2.13. The molecule has 1 atom stereocenters. The van der Waals surface area contributed by atoms with Crippen LogP contribution < -0.4 is 16.0 Å². The minimum absolute atomic E-state index is 0.144. The molecule has 2 amide bonds. The van der Waals surface area contributed by atoms with Crippen LogP contribution in [0.1, 0.15) is 43.5 Å². The standard InChI is InChI=1S/C18H23N5O2/c1-5-11(2)19-17-10-16(20-12(3)21-17)18(25)23-15-8-6-14(7-9-15)22-13(4)24/h6-11H,5H2,1-4H3,(H,22,24)(H,23,25)(H,19,20,21). The summed E-state index contributed by atoms with van der Waals surface area (Å²) >= 11 is 0. The summed E-state index contributed by atoms with van der Waals surface area (Å²) in [5.74, 6) is 0.701. The lowest BCUT2D eigenvalue weighted by atomic mass is 10.2. The minimum Gasteiger partial charge on any atom is -0.368 e. The largest absolute Gasteiger partial charge is 0.368 e. The normalized spacial score (nSPS) is 11.5. The number of carbonyl (C=O) groups is 2. The third kappa shape index (κ3) is 5.56. The molecule has 2 aromatic rings. The van der Waals surface area contributed by atoms with Crippen LogP contribution in [0.4, 0.5) is 17.2 Å². The van der Waals surface area contributed by atoms with Crippen molar-refractivity contribution in [2.45, 2.75) is 40.2 Å². The van der Waals surface area contributed by atoms with Crippen LogP contribution >= 0.6 is 0 Å². The monoisotopic (exact) mass is 341 g/mol. The molecule has 25 heavy (non-hydrogen) atoms. The van der Waals surface area contributed by atoms with Gasteiger partial charge >= 0.3 is 0 Å². The van der Waals surface area contributed by atoms with E-state index in [4.69, 9.17) is 0 Å². The fraction of sp³-hybridized carbons (Fsp3) is 0.333. The van der Waals surface area contributed by atoms with E-state index in [1.807, 2.05) is 6.92 Å². The zero-order valence-corrected chi connectivity index (χ0v) is 14.9. The highest BCUT2D eigenvalue weighted by atomic mass is 16.2. The molecule has 0 aliphatic heterocycles. The van der Waals surface area contributed by atoms with Gasteiger partial charge in [0, 0.05) is 30.4 Å². The molecule has 0 saturated carbocycles. The van der Waals surface area contributed by atoms with Gasteiger partial charge in [-0.15, -0.1) is 0 Å². The number of benzene rings is 1. The number of amides is 2. The molecule has 0 fully saturated rings. The second kappa shape index (κ2) is 8.23. The predicted octanol–water partition coefficient (Wildman–Crippen LogP) is 3.21. The fourth-order valence-corrected chi connectivity index (χ4v) is 2.15. The van der Waals surface area contributed by atoms with Crippen molar-refractivity contribution in [2.24, 2.45) is 0 Å². The zero-order chi connectivity index (χ0) is 18.4. The van der Waals surface area contributed by atoms with Crippen molar-refractivity contribution in [2.75, 3.05) is 16.0 Å². The van der Waals surface area contributed by atoms with E-state index < -0.39 is 0 Å². The number of hydrogen-bond donors (Lipinski definition) is 3. The molecule has 0 saturated heterocycles. The van der Waals surface area contributed by atoms with Gasteiger partial charge in [-0.05, 0) is 44.5 Å². The third-order valence-corrected chi connectivity index (χ3v) is 3.54. The van der Waals surface area contributed by atoms with Gasteiger partial charge in [0.1, 0.15) is 17.3 Å². The van der Waals surface area contributed by atoms with Crippen molar-refractivity contribution >= 4 is 29.0 Å². The highest BCUT2D eigenvalue weighted by molar-refractivity contribution is 6.03. The second-order valence-electron chi connectivity index (χ2n) is 5.85. The Kier molecular flexibility index (Phi) is 6.05. The van der Waals surface area contributed by atoms with Crippen LogP contribution in [0.2, 0.25) is 0 Å². The summed E-state index contributed by atoms with van der Waals surface area (Å²) in [4.78, 5) is 32.0. The molecule has 0 radical (unpaired) electrons. The van der Waals surface area contributed by atoms with E-state index in [-0.39, 0.29) is 17.9 Å². The molecular weight excluding hydrogens is 318 g/mol. The molecule has 0 aliphatic rings. The van der Waals surface area contributed by atoms with Crippen molar-refractivity contribution in [1.29, 1.82) is 0 Å². The van der Waals surface area contributed by atoms with Crippen molar-refractivity contribution in [1.82, 2.24) is 9.97 Å². The lowest BCUT2D eigenvalue weighted by Crippen LogP contribution is -2.18. The summed E-state index contributed by atoms with van der Waals surface area (Å²) in [6.45, 7) is 7.32. The Labute approximate surface area is 147 Å². The SMILES string of the molecule is CCC(C)Nc1cc(C(=O)Nc2ccc(NC(C)=O)cc2)nc(C)n1. The van der Waals surface area contributed by atoms with Crippen molar-refractivity contribution in [3.8, 4) is 0 Å². The van der Waals surface area contributed by atoms with Crippen molar-refractivity contribution in [3.05, 3.63) is 41.9 Å². The molecule has 1 heterocycles. The number of nitrogens with one attached hydrogen (secondary N) is 3. The van der Waals surface area contributed by atoms with Crippen LogP contribution in [0.25, 0.3) is 0 Å². The number of aryl methyl sites for hydroxylation is 1. The Morgan fingerprint density at radius 3 is 2.24 bits per heavy atom. The average Bonchev–Trinajstić information content (AvgIpc) is 2.55. The van der Waals surface area contributed by atoms with Crippen LogP contribution in [-0.2, 0) is 4.79 Å². The molecule has 7 heteroatoms. The first kappa shape index (κ1) is 18.4. The molecular formula is C18H23N5O2. The average molecular weight is 341 g/mol. The van der Waals surface area contributed by atoms with Gasteiger partial charge in [-0.1, -0.05) is 6.92 Å². The minimum atomic E-state index is -0.315. The quantitative estimate of drug-likeness (QED) is 0.750. The van der Waals surface area contributed by atoms with Crippen molar-refractivity contribution in [3.63, 3.8) is 0 Å². The van der Waals surface area contributed by atoms with E-state index in [0.717, 1.165) is 6.42 Å². The number of hydrogen-bond acceptors (Lipinski definition) is 5. The molecule has 1 unspecified atom stereocenters. The van der Waals surface area contributed by atoms with Gasteiger partial charge in [-0.2, -0.15) is 0 Å². The van der Waals surface area contributed by atoms with E-state index in [1.165, 1.54) is 6.92 Å². The first-order valence-corrected chi connectivity index (χ1v) is 8.18. The smallest absolute Gasteiger partial charge is 0.274 e. The molecule has 0 aliphatic carbocycles. The maximum absolute atomic E-state index is 12.4. The van der Waals surface area contributed by atoms with Crippen LogP contribution in [0.5, 0.6) is 0 Å². The Balaban J connectivity index is 2.11. The summed E-state index contributed by atoms with van der Waals surface area (Å²) in [6, 6.07) is 8.77. The lowest BCUT2D eigenvalue weighted by molar-refractivity contribution is -0.114. The Hall–Kier alpha value is -2.96. The molecule has 0 spiro atoms. The maximum Gasteiger partial charge on any atom is 0.274 e. The molecule has 3 N–H and O–H groups in total. The Bertz CT molecular complexity index is 759. The summed E-state index contributed by atoms with van der Waals surface area (Å²) in [7, 11) is 0. The third-order valence-electron chi connectivity index (χ3n) is 3.54. The summed E-state index contributed by atoms with van der Waals surface area (Å²) in [5.41, 5.74) is 1.58. The fourth-order valence-electron chi connectivity index (χ4n) is 2.15. The molecule has 0 bridgehead atoms.